The zero-order valence-electron chi connectivity index (χ0n) is 5.02. The maximum atomic E-state index is 8.54. The van der Waals surface area contributed by atoms with Crippen LogP contribution in [0.25, 0.3) is 0 Å². The molecule has 0 amide bonds. The molecule has 0 aliphatic carbocycles. The van der Waals surface area contributed by atoms with Gasteiger partial charge in [0.1, 0.15) is 5.76 Å². The van der Waals surface area contributed by atoms with Crippen molar-refractivity contribution < 1.29 is 5.11 Å². The Morgan fingerprint density at radius 3 is 2.25 bits per heavy atom. The van der Waals surface area contributed by atoms with Crippen LogP contribution in [0.3, 0.4) is 0 Å². The number of aliphatic hydroxyl groups is 1. The average molecular weight is 110 g/mol. The van der Waals surface area contributed by atoms with E-state index >= 15 is 0 Å². The van der Waals surface area contributed by atoms with E-state index in [2.05, 4.69) is 13.2 Å². The van der Waals surface area contributed by atoms with Gasteiger partial charge >= 0.3 is 0 Å². The van der Waals surface area contributed by atoms with Gasteiger partial charge in [0.25, 0.3) is 0 Å². The number of rotatable bonds is 2. The number of hydrogen-bond acceptors (Lipinski definition) is 1. The third-order valence-corrected chi connectivity index (χ3v) is 0.716. The molecule has 0 unspecified atom stereocenters. The summed E-state index contributed by atoms with van der Waals surface area (Å²) in [4.78, 5) is 0. The summed E-state index contributed by atoms with van der Waals surface area (Å²) in [5.41, 5.74) is 0.914. The van der Waals surface area contributed by atoms with E-state index < -0.39 is 0 Å². The smallest absolute Gasteiger partial charge is 0.108 e. The Balaban J connectivity index is 3.94. The van der Waals surface area contributed by atoms with Crippen LogP contribution in [0.1, 0.15) is 6.92 Å². The molecule has 0 radical (unpaired) electrons. The lowest BCUT2D eigenvalue weighted by Crippen LogP contribution is -1.70. The summed E-state index contributed by atoms with van der Waals surface area (Å²) in [6.45, 7) is 8.61. The molecule has 1 nitrogen and oxygen atoms in total. The van der Waals surface area contributed by atoms with Gasteiger partial charge in [0.2, 0.25) is 0 Å². The van der Waals surface area contributed by atoms with Crippen LogP contribution in [0.4, 0.5) is 0 Å². The lowest BCUT2D eigenvalue weighted by atomic mass is 10.3. The van der Waals surface area contributed by atoms with Gasteiger partial charge in [-0.1, -0.05) is 19.2 Å². The fourth-order valence-electron chi connectivity index (χ4n) is 0.322. The molecule has 0 aromatic heterocycles. The van der Waals surface area contributed by atoms with E-state index in [-0.39, 0.29) is 5.76 Å². The zero-order valence-corrected chi connectivity index (χ0v) is 5.02. The molecule has 0 bridgehead atoms. The van der Waals surface area contributed by atoms with E-state index in [9.17, 15) is 0 Å². The summed E-state index contributed by atoms with van der Waals surface area (Å²) in [6.07, 6.45) is 3.20. The van der Waals surface area contributed by atoms with Crippen LogP contribution >= 0.6 is 0 Å². The van der Waals surface area contributed by atoms with Gasteiger partial charge in [-0.15, -0.1) is 0 Å². The van der Waals surface area contributed by atoms with Crippen molar-refractivity contribution in [1.29, 1.82) is 0 Å². The Bertz CT molecular complexity index is 131. The molecule has 0 heterocycles. The molecule has 1 heteroatoms. The Labute approximate surface area is 49.7 Å². The van der Waals surface area contributed by atoms with Crippen molar-refractivity contribution in [3.63, 3.8) is 0 Å². The quantitative estimate of drug-likeness (QED) is 0.426. The predicted octanol–water partition coefficient (Wildman–Crippen LogP) is 2.19. The molecule has 0 saturated heterocycles. The van der Waals surface area contributed by atoms with Gasteiger partial charge in [-0.3, -0.25) is 0 Å². The second-order valence-electron chi connectivity index (χ2n) is 1.58. The van der Waals surface area contributed by atoms with Gasteiger partial charge in [-0.05, 0) is 18.6 Å². The molecule has 0 fully saturated rings. The summed E-state index contributed by atoms with van der Waals surface area (Å²) < 4.78 is 0. The van der Waals surface area contributed by atoms with E-state index in [4.69, 9.17) is 5.11 Å². The van der Waals surface area contributed by atoms with Crippen LogP contribution in [0, 0.1) is 0 Å². The van der Waals surface area contributed by atoms with E-state index in [1.807, 2.05) is 6.92 Å². The molecule has 0 aromatic rings. The van der Waals surface area contributed by atoms with Crippen LogP contribution in [0.15, 0.2) is 36.6 Å². The van der Waals surface area contributed by atoms with Crippen molar-refractivity contribution in [2.75, 3.05) is 0 Å². The van der Waals surface area contributed by atoms with Crippen molar-refractivity contribution >= 4 is 0 Å². The highest BCUT2D eigenvalue weighted by Gasteiger charge is 1.79. The standard InChI is InChI=1S/C7H10O/c1-4-6(2)5-7(3)8/h4-5,8H,1,3H2,2H3. The normalized spacial score (nSPS) is 10.9. The summed E-state index contributed by atoms with van der Waals surface area (Å²) >= 11 is 0. The fourth-order valence-corrected chi connectivity index (χ4v) is 0.322. The highest BCUT2D eigenvalue weighted by atomic mass is 16.3. The fraction of sp³-hybridized carbons (Fsp3) is 0.143. The minimum Gasteiger partial charge on any atom is -0.509 e. The number of allylic oxidation sites excluding steroid dienone is 3. The van der Waals surface area contributed by atoms with Gasteiger partial charge in [-0.2, -0.15) is 0 Å². The van der Waals surface area contributed by atoms with Crippen molar-refractivity contribution in [2.45, 2.75) is 6.92 Å². The average Bonchev–Trinajstić information content (AvgIpc) is 1.65. The summed E-state index contributed by atoms with van der Waals surface area (Å²) in [7, 11) is 0. The molecule has 0 aromatic carbocycles. The molecule has 0 atom stereocenters. The van der Waals surface area contributed by atoms with Crippen molar-refractivity contribution in [3.05, 3.63) is 36.6 Å². The molecule has 0 aliphatic heterocycles. The molecule has 8 heavy (non-hydrogen) atoms. The van der Waals surface area contributed by atoms with Gasteiger partial charge < -0.3 is 5.11 Å². The third-order valence-electron chi connectivity index (χ3n) is 0.716. The van der Waals surface area contributed by atoms with Crippen LogP contribution in [-0.2, 0) is 0 Å². The Hall–Kier alpha value is -0.980. The number of hydrogen-bond donors (Lipinski definition) is 1. The van der Waals surface area contributed by atoms with Gasteiger partial charge in [0, 0.05) is 0 Å². The Morgan fingerprint density at radius 2 is 2.12 bits per heavy atom. The topological polar surface area (TPSA) is 20.2 Å². The summed E-state index contributed by atoms with van der Waals surface area (Å²) in [5, 5.41) is 8.54. The monoisotopic (exact) mass is 110 g/mol. The van der Waals surface area contributed by atoms with Gasteiger partial charge in [-0.25, -0.2) is 0 Å². The van der Waals surface area contributed by atoms with Gasteiger partial charge in [0.15, 0.2) is 0 Å². The zero-order chi connectivity index (χ0) is 6.57. The Kier molecular flexibility index (Phi) is 2.70. The molecule has 0 spiro atoms. The first kappa shape index (κ1) is 7.02. The third kappa shape index (κ3) is 3.22. The van der Waals surface area contributed by atoms with Crippen LogP contribution in [0.5, 0.6) is 0 Å². The second-order valence-corrected chi connectivity index (χ2v) is 1.58. The van der Waals surface area contributed by atoms with E-state index in [0.29, 0.717) is 0 Å². The summed E-state index contributed by atoms with van der Waals surface area (Å²) in [5.74, 6) is 0.0717. The number of aliphatic hydroxyl groups excluding tert-OH is 1. The van der Waals surface area contributed by atoms with E-state index in [1.54, 1.807) is 12.2 Å². The molecule has 1 N–H and O–H groups in total. The molecular formula is C7H10O. The lowest BCUT2D eigenvalue weighted by Gasteiger charge is -1.87. The summed E-state index contributed by atoms with van der Waals surface area (Å²) in [6, 6.07) is 0. The van der Waals surface area contributed by atoms with Crippen LogP contribution in [0.2, 0.25) is 0 Å². The molecular weight excluding hydrogens is 100 g/mol. The first-order valence-corrected chi connectivity index (χ1v) is 2.35. The first-order chi connectivity index (χ1) is 3.66. The van der Waals surface area contributed by atoms with Crippen molar-refractivity contribution in [1.82, 2.24) is 0 Å². The van der Waals surface area contributed by atoms with E-state index in [0.717, 1.165) is 5.57 Å². The second kappa shape index (κ2) is 3.08. The van der Waals surface area contributed by atoms with Crippen LogP contribution in [-0.4, -0.2) is 5.11 Å². The van der Waals surface area contributed by atoms with Crippen molar-refractivity contribution in [2.24, 2.45) is 0 Å². The predicted molar refractivity (Wildman–Crippen MR) is 35.7 cm³/mol. The maximum absolute atomic E-state index is 8.54. The molecule has 0 rings (SSSR count). The minimum absolute atomic E-state index is 0.0717. The molecule has 0 saturated carbocycles. The highest BCUT2D eigenvalue weighted by Crippen LogP contribution is 1.95. The lowest BCUT2D eigenvalue weighted by molar-refractivity contribution is 0.435. The molecule has 0 aliphatic rings. The maximum Gasteiger partial charge on any atom is 0.108 e. The van der Waals surface area contributed by atoms with Gasteiger partial charge in [0.05, 0.1) is 0 Å². The highest BCUT2D eigenvalue weighted by molar-refractivity contribution is 5.21. The minimum atomic E-state index is 0.0717. The molecule has 44 valence electrons. The Morgan fingerprint density at radius 1 is 1.62 bits per heavy atom. The SMILES string of the molecule is C=CC(C)=CC(=C)O. The van der Waals surface area contributed by atoms with E-state index in [1.165, 1.54) is 0 Å². The first-order valence-electron chi connectivity index (χ1n) is 2.35. The largest absolute Gasteiger partial charge is 0.509 e. The van der Waals surface area contributed by atoms with Crippen molar-refractivity contribution in [3.8, 4) is 0 Å². The van der Waals surface area contributed by atoms with Crippen LogP contribution < -0.4 is 0 Å².